The van der Waals surface area contributed by atoms with Crippen LogP contribution >= 0.6 is 0 Å². The van der Waals surface area contributed by atoms with Crippen molar-refractivity contribution in [3.8, 4) is 0 Å². The van der Waals surface area contributed by atoms with Gasteiger partial charge in [0.25, 0.3) is 0 Å². The van der Waals surface area contributed by atoms with Crippen LogP contribution in [0.3, 0.4) is 0 Å². The lowest BCUT2D eigenvalue weighted by atomic mass is 10.2. The summed E-state index contributed by atoms with van der Waals surface area (Å²) in [4.78, 5) is 0. The van der Waals surface area contributed by atoms with Crippen LogP contribution in [-0.2, 0) is 14.2 Å². The molecular weight excluding hydrogens is 218 g/mol. The minimum atomic E-state index is 0.669. The number of ether oxygens (including phenoxy) is 3. The Bertz CT molecular complexity index is 120. The van der Waals surface area contributed by atoms with Crippen molar-refractivity contribution in [1.29, 1.82) is 0 Å². The van der Waals surface area contributed by atoms with Crippen LogP contribution in [0.4, 0.5) is 0 Å². The van der Waals surface area contributed by atoms with E-state index in [1.165, 1.54) is 19.3 Å². The highest BCUT2D eigenvalue weighted by Gasteiger charge is 1.91. The van der Waals surface area contributed by atoms with Gasteiger partial charge in [-0.05, 0) is 19.4 Å². The van der Waals surface area contributed by atoms with E-state index < -0.39 is 0 Å². The Morgan fingerprint density at radius 1 is 0.765 bits per heavy atom. The van der Waals surface area contributed by atoms with Crippen LogP contribution in [0, 0.1) is 0 Å². The molecule has 0 rings (SSSR count). The number of methoxy groups -OCH3 is 1. The lowest BCUT2D eigenvalue weighted by molar-refractivity contribution is 0.0518. The molecule has 0 amide bonds. The van der Waals surface area contributed by atoms with Gasteiger partial charge in [0.15, 0.2) is 0 Å². The van der Waals surface area contributed by atoms with Crippen LogP contribution in [0.1, 0.15) is 32.6 Å². The first-order chi connectivity index (χ1) is 8.41. The van der Waals surface area contributed by atoms with Gasteiger partial charge in [0.2, 0.25) is 0 Å². The smallest absolute Gasteiger partial charge is 0.0700 e. The molecule has 4 nitrogen and oxygen atoms in total. The standard InChI is InChI=1S/C13H29NO3/c1-3-4-5-7-14-8-11-16-9-6-10-17-13-12-15-2/h14H,3-13H2,1-2H3. The maximum Gasteiger partial charge on any atom is 0.0700 e. The molecule has 0 saturated heterocycles. The Morgan fingerprint density at radius 2 is 1.53 bits per heavy atom. The summed E-state index contributed by atoms with van der Waals surface area (Å²) in [5.74, 6) is 0. The Balaban J connectivity index is 2.85. The van der Waals surface area contributed by atoms with Crippen molar-refractivity contribution < 1.29 is 14.2 Å². The quantitative estimate of drug-likeness (QED) is 0.475. The van der Waals surface area contributed by atoms with Crippen LogP contribution in [0.25, 0.3) is 0 Å². The van der Waals surface area contributed by atoms with Gasteiger partial charge in [0, 0.05) is 26.9 Å². The minimum absolute atomic E-state index is 0.669. The van der Waals surface area contributed by atoms with Gasteiger partial charge in [0.05, 0.1) is 19.8 Å². The monoisotopic (exact) mass is 247 g/mol. The molecule has 0 aromatic rings. The zero-order valence-electron chi connectivity index (χ0n) is 11.5. The molecule has 4 heteroatoms. The summed E-state index contributed by atoms with van der Waals surface area (Å²) in [6.45, 7) is 7.96. The normalized spacial score (nSPS) is 10.9. The van der Waals surface area contributed by atoms with Crippen LogP contribution < -0.4 is 5.32 Å². The van der Waals surface area contributed by atoms with E-state index in [9.17, 15) is 0 Å². The van der Waals surface area contributed by atoms with Crippen LogP contribution in [0.15, 0.2) is 0 Å². The highest BCUT2D eigenvalue weighted by molar-refractivity contribution is 4.47. The molecule has 104 valence electrons. The molecule has 0 aromatic heterocycles. The average molecular weight is 247 g/mol. The van der Waals surface area contributed by atoms with E-state index in [-0.39, 0.29) is 0 Å². The van der Waals surface area contributed by atoms with Crippen molar-refractivity contribution in [1.82, 2.24) is 5.32 Å². The zero-order chi connectivity index (χ0) is 12.6. The molecule has 0 aliphatic carbocycles. The molecule has 1 N–H and O–H groups in total. The first-order valence-corrected chi connectivity index (χ1v) is 6.77. The molecule has 0 aromatic carbocycles. The summed E-state index contributed by atoms with van der Waals surface area (Å²) in [5, 5.41) is 3.37. The molecular formula is C13H29NO3. The number of hydrogen-bond acceptors (Lipinski definition) is 4. The maximum absolute atomic E-state index is 5.47. The van der Waals surface area contributed by atoms with Gasteiger partial charge in [-0.15, -0.1) is 0 Å². The van der Waals surface area contributed by atoms with E-state index in [1.807, 2.05) is 0 Å². The molecule has 17 heavy (non-hydrogen) atoms. The number of unbranched alkanes of at least 4 members (excludes halogenated alkanes) is 2. The second-order valence-corrected chi connectivity index (χ2v) is 4.03. The van der Waals surface area contributed by atoms with E-state index in [0.29, 0.717) is 13.2 Å². The van der Waals surface area contributed by atoms with Gasteiger partial charge >= 0.3 is 0 Å². The van der Waals surface area contributed by atoms with Crippen molar-refractivity contribution >= 4 is 0 Å². The molecule has 0 unspecified atom stereocenters. The Kier molecular flexibility index (Phi) is 15.7. The number of nitrogens with one attached hydrogen (secondary N) is 1. The first-order valence-electron chi connectivity index (χ1n) is 6.77. The maximum atomic E-state index is 5.47. The highest BCUT2D eigenvalue weighted by atomic mass is 16.5. The second-order valence-electron chi connectivity index (χ2n) is 4.03. The van der Waals surface area contributed by atoms with Gasteiger partial charge < -0.3 is 19.5 Å². The third kappa shape index (κ3) is 15.8. The summed E-state index contributed by atoms with van der Waals surface area (Å²) < 4.78 is 15.7. The summed E-state index contributed by atoms with van der Waals surface area (Å²) in [5.41, 5.74) is 0. The van der Waals surface area contributed by atoms with Crippen molar-refractivity contribution in [3.05, 3.63) is 0 Å². The third-order valence-electron chi connectivity index (χ3n) is 2.39. The molecule has 0 spiro atoms. The topological polar surface area (TPSA) is 39.7 Å². The molecule has 0 saturated carbocycles. The molecule has 0 bridgehead atoms. The van der Waals surface area contributed by atoms with E-state index in [2.05, 4.69) is 12.2 Å². The van der Waals surface area contributed by atoms with Gasteiger partial charge in [-0.3, -0.25) is 0 Å². The van der Waals surface area contributed by atoms with E-state index in [4.69, 9.17) is 14.2 Å². The SMILES string of the molecule is CCCCCNCCOCCCOCCOC. The lowest BCUT2D eigenvalue weighted by Crippen LogP contribution is -2.21. The largest absolute Gasteiger partial charge is 0.382 e. The molecule has 0 atom stereocenters. The fourth-order valence-corrected chi connectivity index (χ4v) is 1.38. The van der Waals surface area contributed by atoms with E-state index in [0.717, 1.165) is 39.3 Å². The number of rotatable bonds is 14. The molecule has 0 fully saturated rings. The third-order valence-corrected chi connectivity index (χ3v) is 2.39. The van der Waals surface area contributed by atoms with Gasteiger partial charge in [0.1, 0.15) is 0 Å². The van der Waals surface area contributed by atoms with Crippen molar-refractivity contribution in [2.45, 2.75) is 32.6 Å². The molecule has 0 aliphatic rings. The Morgan fingerprint density at radius 3 is 2.24 bits per heavy atom. The minimum Gasteiger partial charge on any atom is -0.382 e. The van der Waals surface area contributed by atoms with Crippen molar-refractivity contribution in [2.24, 2.45) is 0 Å². The average Bonchev–Trinajstić information content (AvgIpc) is 2.35. The van der Waals surface area contributed by atoms with Gasteiger partial charge in [-0.1, -0.05) is 19.8 Å². The van der Waals surface area contributed by atoms with Crippen LogP contribution in [0.2, 0.25) is 0 Å². The fourth-order valence-electron chi connectivity index (χ4n) is 1.38. The first kappa shape index (κ1) is 16.8. The molecule has 0 aliphatic heterocycles. The van der Waals surface area contributed by atoms with Crippen molar-refractivity contribution in [3.63, 3.8) is 0 Å². The summed E-state index contributed by atoms with van der Waals surface area (Å²) in [7, 11) is 1.68. The van der Waals surface area contributed by atoms with Crippen LogP contribution in [0.5, 0.6) is 0 Å². The highest BCUT2D eigenvalue weighted by Crippen LogP contribution is 1.90. The number of hydrogen-bond donors (Lipinski definition) is 1. The molecule has 0 radical (unpaired) electrons. The predicted octanol–water partition coefficient (Wildman–Crippen LogP) is 1.84. The van der Waals surface area contributed by atoms with Gasteiger partial charge in [-0.25, -0.2) is 0 Å². The Labute approximate surface area is 106 Å². The summed E-state index contributed by atoms with van der Waals surface area (Å²) in [6.07, 6.45) is 4.82. The van der Waals surface area contributed by atoms with Crippen LogP contribution in [-0.4, -0.2) is 53.2 Å². The zero-order valence-corrected chi connectivity index (χ0v) is 11.5. The van der Waals surface area contributed by atoms with E-state index >= 15 is 0 Å². The second kappa shape index (κ2) is 15.8. The summed E-state index contributed by atoms with van der Waals surface area (Å²) >= 11 is 0. The van der Waals surface area contributed by atoms with E-state index in [1.54, 1.807) is 7.11 Å². The predicted molar refractivity (Wildman–Crippen MR) is 70.5 cm³/mol. The molecule has 0 heterocycles. The Hall–Kier alpha value is -0.160. The van der Waals surface area contributed by atoms with Gasteiger partial charge in [-0.2, -0.15) is 0 Å². The van der Waals surface area contributed by atoms with Crippen molar-refractivity contribution in [2.75, 3.05) is 53.2 Å². The lowest BCUT2D eigenvalue weighted by Gasteiger charge is -2.06. The fraction of sp³-hybridized carbons (Fsp3) is 1.00. The summed E-state index contributed by atoms with van der Waals surface area (Å²) in [6, 6.07) is 0.